The Morgan fingerprint density at radius 3 is 2.90 bits per heavy atom. The number of nitrogens with two attached hydrogens (primary N) is 1. The lowest BCUT2D eigenvalue weighted by molar-refractivity contribution is 0.187. The third-order valence-electron chi connectivity index (χ3n) is 4.30. The highest BCUT2D eigenvalue weighted by molar-refractivity contribution is 9.10. The number of nitrogen functional groups attached to an aromatic ring is 1. The van der Waals surface area contributed by atoms with E-state index in [0.717, 1.165) is 23.9 Å². The highest BCUT2D eigenvalue weighted by atomic mass is 79.9. The van der Waals surface area contributed by atoms with E-state index in [2.05, 4.69) is 34.8 Å². The zero-order valence-electron chi connectivity index (χ0n) is 11.8. The van der Waals surface area contributed by atoms with Crippen LogP contribution in [0.3, 0.4) is 0 Å². The van der Waals surface area contributed by atoms with Crippen LogP contribution in [0.1, 0.15) is 45.6 Å². The van der Waals surface area contributed by atoms with Crippen LogP contribution in [0, 0.1) is 11.2 Å². The molecule has 0 radical (unpaired) electrons. The molecule has 0 spiro atoms. The topological polar surface area (TPSA) is 43.8 Å². The van der Waals surface area contributed by atoms with Crippen molar-refractivity contribution in [2.75, 3.05) is 5.73 Å². The molecule has 5 heteroatoms. The van der Waals surface area contributed by atoms with E-state index in [1.54, 1.807) is 6.07 Å². The van der Waals surface area contributed by atoms with Gasteiger partial charge in [0.05, 0.1) is 15.5 Å². The van der Waals surface area contributed by atoms with Gasteiger partial charge in [0.2, 0.25) is 5.95 Å². The second kappa shape index (κ2) is 4.72. The molecule has 0 aliphatic heterocycles. The zero-order chi connectivity index (χ0) is 14.5. The number of aromatic nitrogens is 2. The van der Waals surface area contributed by atoms with Crippen molar-refractivity contribution in [1.29, 1.82) is 0 Å². The average Bonchev–Trinajstić information content (AvgIpc) is 2.64. The lowest BCUT2D eigenvalue weighted by atomic mass is 9.75. The summed E-state index contributed by atoms with van der Waals surface area (Å²) < 4.78 is 16.3. The maximum Gasteiger partial charge on any atom is 0.201 e. The van der Waals surface area contributed by atoms with E-state index in [-0.39, 0.29) is 5.82 Å². The van der Waals surface area contributed by atoms with Gasteiger partial charge in [0, 0.05) is 12.1 Å². The number of nitrogens with zero attached hydrogens (tertiary/aromatic N) is 2. The van der Waals surface area contributed by atoms with Crippen LogP contribution in [0.4, 0.5) is 10.3 Å². The van der Waals surface area contributed by atoms with E-state index in [0.29, 0.717) is 21.9 Å². The molecule has 1 fully saturated rings. The zero-order valence-corrected chi connectivity index (χ0v) is 13.4. The summed E-state index contributed by atoms with van der Waals surface area (Å²) in [6.07, 6.45) is 4.54. The van der Waals surface area contributed by atoms with E-state index in [4.69, 9.17) is 5.73 Å². The molecule has 1 aliphatic carbocycles. The Kier molecular flexibility index (Phi) is 3.27. The number of imidazole rings is 1. The molecule has 0 amide bonds. The lowest BCUT2D eigenvalue weighted by Crippen LogP contribution is -2.25. The quantitative estimate of drug-likeness (QED) is 0.820. The average molecular weight is 340 g/mol. The molecule has 108 valence electrons. The van der Waals surface area contributed by atoms with E-state index >= 15 is 0 Å². The Hall–Kier alpha value is -1.10. The summed E-state index contributed by atoms with van der Waals surface area (Å²) >= 11 is 3.20. The van der Waals surface area contributed by atoms with Gasteiger partial charge < -0.3 is 10.3 Å². The summed E-state index contributed by atoms with van der Waals surface area (Å²) in [6, 6.07) is 3.54. The van der Waals surface area contributed by atoms with E-state index in [1.807, 2.05) is 4.57 Å². The minimum Gasteiger partial charge on any atom is -0.369 e. The summed E-state index contributed by atoms with van der Waals surface area (Å²) in [4.78, 5) is 4.38. The number of fused-ring (bicyclic) bond motifs is 1. The summed E-state index contributed by atoms with van der Waals surface area (Å²) in [5, 5.41) is 0. The van der Waals surface area contributed by atoms with Crippen molar-refractivity contribution in [1.82, 2.24) is 9.55 Å². The number of halogens is 2. The van der Waals surface area contributed by atoms with Crippen molar-refractivity contribution < 1.29 is 4.39 Å². The lowest BCUT2D eigenvalue weighted by Gasteiger charge is -2.36. The van der Waals surface area contributed by atoms with Crippen LogP contribution in [-0.4, -0.2) is 9.55 Å². The summed E-state index contributed by atoms with van der Waals surface area (Å²) in [7, 11) is 0. The van der Waals surface area contributed by atoms with Crippen molar-refractivity contribution >= 4 is 32.9 Å². The van der Waals surface area contributed by atoms with Gasteiger partial charge in [-0.3, -0.25) is 0 Å². The summed E-state index contributed by atoms with van der Waals surface area (Å²) in [5.41, 5.74) is 7.94. The van der Waals surface area contributed by atoms with Crippen LogP contribution in [0.2, 0.25) is 0 Å². The van der Waals surface area contributed by atoms with Crippen molar-refractivity contribution in [2.45, 2.75) is 45.6 Å². The normalized spacial score (nSPS) is 22.3. The van der Waals surface area contributed by atoms with Gasteiger partial charge in [-0.1, -0.05) is 20.3 Å². The highest BCUT2D eigenvalue weighted by Crippen LogP contribution is 2.43. The third kappa shape index (κ3) is 2.32. The molecule has 1 aromatic carbocycles. The van der Waals surface area contributed by atoms with Crippen molar-refractivity contribution in [3.8, 4) is 0 Å². The van der Waals surface area contributed by atoms with Crippen LogP contribution in [-0.2, 0) is 0 Å². The van der Waals surface area contributed by atoms with Crippen LogP contribution in [0.15, 0.2) is 16.6 Å². The second-order valence-corrected chi connectivity index (χ2v) is 7.36. The first-order valence-corrected chi connectivity index (χ1v) is 7.79. The number of anilines is 1. The molecule has 0 bridgehead atoms. The molecule has 2 aromatic rings. The molecule has 20 heavy (non-hydrogen) atoms. The molecule has 3 rings (SSSR count). The largest absolute Gasteiger partial charge is 0.369 e. The van der Waals surface area contributed by atoms with Crippen molar-refractivity contribution in [3.05, 3.63) is 22.4 Å². The Morgan fingerprint density at radius 2 is 2.20 bits per heavy atom. The second-order valence-electron chi connectivity index (χ2n) is 6.51. The summed E-state index contributed by atoms with van der Waals surface area (Å²) in [5.74, 6) is 0.217. The molecule has 1 aliphatic rings. The van der Waals surface area contributed by atoms with Gasteiger partial charge in [0.15, 0.2) is 0 Å². The Morgan fingerprint density at radius 1 is 1.45 bits per heavy atom. The van der Waals surface area contributed by atoms with Crippen molar-refractivity contribution in [2.24, 2.45) is 5.41 Å². The first kappa shape index (κ1) is 13.9. The van der Waals surface area contributed by atoms with Crippen LogP contribution >= 0.6 is 15.9 Å². The first-order chi connectivity index (χ1) is 9.37. The van der Waals surface area contributed by atoms with Gasteiger partial charge in [-0.25, -0.2) is 9.37 Å². The molecule has 1 unspecified atom stereocenters. The van der Waals surface area contributed by atoms with Gasteiger partial charge >= 0.3 is 0 Å². The van der Waals surface area contributed by atoms with Gasteiger partial charge in [0.25, 0.3) is 0 Å². The third-order valence-corrected chi connectivity index (χ3v) is 4.91. The number of hydrogen-bond acceptors (Lipinski definition) is 2. The predicted molar refractivity (Wildman–Crippen MR) is 83.1 cm³/mol. The maximum atomic E-state index is 13.8. The van der Waals surface area contributed by atoms with Gasteiger partial charge in [-0.15, -0.1) is 0 Å². The Balaban J connectivity index is 2.11. The minimum absolute atomic E-state index is 0.270. The minimum atomic E-state index is -0.270. The molecule has 1 heterocycles. The fraction of sp³-hybridized carbons (Fsp3) is 0.533. The van der Waals surface area contributed by atoms with Gasteiger partial charge in [-0.05, 0) is 46.7 Å². The molecule has 0 saturated heterocycles. The summed E-state index contributed by atoms with van der Waals surface area (Å²) in [6.45, 7) is 4.57. The smallest absolute Gasteiger partial charge is 0.201 e. The number of hydrogen-bond donors (Lipinski definition) is 1. The van der Waals surface area contributed by atoms with Crippen LogP contribution in [0.25, 0.3) is 11.0 Å². The first-order valence-electron chi connectivity index (χ1n) is 7.00. The number of rotatable bonds is 1. The highest BCUT2D eigenvalue weighted by Gasteiger charge is 2.30. The SMILES string of the molecule is CC1(C)CCCC(n2c(N)nc3cc(Br)c(F)cc32)C1. The van der Waals surface area contributed by atoms with E-state index in [9.17, 15) is 4.39 Å². The van der Waals surface area contributed by atoms with Gasteiger partial charge in [-0.2, -0.15) is 0 Å². The molecule has 1 aromatic heterocycles. The van der Waals surface area contributed by atoms with E-state index in [1.165, 1.54) is 18.9 Å². The molecule has 3 nitrogen and oxygen atoms in total. The fourth-order valence-electron chi connectivity index (χ4n) is 3.37. The molecular weight excluding hydrogens is 321 g/mol. The fourth-order valence-corrected chi connectivity index (χ4v) is 3.70. The van der Waals surface area contributed by atoms with Crippen LogP contribution < -0.4 is 5.73 Å². The Labute approximate surface area is 126 Å². The monoisotopic (exact) mass is 339 g/mol. The molecular formula is C15H19BrFN3. The standard InChI is InChI=1S/C15H19BrFN3/c1-15(2)5-3-4-9(8-15)20-13-7-11(17)10(16)6-12(13)19-14(20)18/h6-7,9H,3-5,8H2,1-2H3,(H2,18,19). The van der Waals surface area contributed by atoms with Crippen molar-refractivity contribution in [3.63, 3.8) is 0 Å². The van der Waals surface area contributed by atoms with E-state index < -0.39 is 0 Å². The van der Waals surface area contributed by atoms with Gasteiger partial charge in [0.1, 0.15) is 5.82 Å². The molecule has 2 N–H and O–H groups in total. The predicted octanol–water partition coefficient (Wildman–Crippen LogP) is 4.66. The molecule has 1 saturated carbocycles. The maximum absolute atomic E-state index is 13.8. The molecule has 1 atom stereocenters. The Bertz CT molecular complexity index is 663. The number of benzene rings is 1. The van der Waals surface area contributed by atoms with Crippen LogP contribution in [0.5, 0.6) is 0 Å².